The van der Waals surface area contributed by atoms with E-state index in [0.29, 0.717) is 18.7 Å². The van der Waals surface area contributed by atoms with Crippen LogP contribution in [0.5, 0.6) is 0 Å². The highest BCUT2D eigenvalue weighted by Gasteiger charge is 2.14. The van der Waals surface area contributed by atoms with Crippen LogP contribution in [0.2, 0.25) is 0 Å². The average Bonchev–Trinajstić information content (AvgIpc) is 2.29. The van der Waals surface area contributed by atoms with Gasteiger partial charge in [0.05, 0.1) is 13.2 Å². The molecule has 3 nitrogen and oxygen atoms in total. The molecule has 1 saturated heterocycles. The van der Waals surface area contributed by atoms with Crippen LogP contribution in [0.4, 0.5) is 0 Å². The Morgan fingerprint density at radius 1 is 1.53 bits per heavy atom. The molecule has 2 N–H and O–H groups in total. The summed E-state index contributed by atoms with van der Waals surface area (Å²) in [7, 11) is 0. The predicted octanol–water partition coefficient (Wildman–Crippen LogP) is 2.09. The van der Waals surface area contributed by atoms with Gasteiger partial charge in [0.15, 0.2) is 0 Å². The monoisotopic (exact) mass is 240 g/mol. The van der Waals surface area contributed by atoms with Gasteiger partial charge in [0.25, 0.3) is 0 Å². The highest BCUT2D eigenvalue weighted by Crippen LogP contribution is 2.11. The summed E-state index contributed by atoms with van der Waals surface area (Å²) in [6.45, 7) is 11.6. The van der Waals surface area contributed by atoms with Crippen molar-refractivity contribution < 1.29 is 4.74 Å². The van der Waals surface area contributed by atoms with Crippen LogP contribution in [-0.4, -0.2) is 38.4 Å². The molecule has 0 amide bonds. The Kier molecular flexibility index (Phi) is 7.49. The van der Waals surface area contributed by atoms with E-state index < -0.39 is 0 Å². The third-order valence-electron chi connectivity index (χ3n) is 3.14. The van der Waals surface area contributed by atoms with Gasteiger partial charge in [0.1, 0.15) is 0 Å². The van der Waals surface area contributed by atoms with E-state index in [4.69, 9.17) is 4.74 Å². The zero-order chi connectivity index (χ0) is 12.5. The van der Waals surface area contributed by atoms with Gasteiger partial charge in [-0.3, -0.25) is 0 Å². The summed E-state index contributed by atoms with van der Waals surface area (Å²) in [5.74, 6) is 0. The summed E-state index contributed by atoms with van der Waals surface area (Å²) in [6, 6.07) is 1.28. The smallest absolute Gasteiger partial charge is 0.0672 e. The third-order valence-corrected chi connectivity index (χ3v) is 3.14. The van der Waals surface area contributed by atoms with Gasteiger partial charge in [-0.15, -0.1) is 0 Å². The first-order chi connectivity index (χ1) is 8.18. The molecule has 0 saturated carbocycles. The number of ether oxygens (including phenoxy) is 1. The minimum atomic E-state index is 0.569. The molecule has 100 valence electrons. The molecule has 3 heteroatoms. The molecule has 2 unspecified atom stereocenters. The van der Waals surface area contributed by atoms with Crippen LogP contribution in [0.3, 0.4) is 0 Å². The lowest BCUT2D eigenvalue weighted by Crippen LogP contribution is -2.40. The topological polar surface area (TPSA) is 33.3 Å². The fraction of sp³-hybridized carbons (Fsp3) is 0.857. The van der Waals surface area contributed by atoms with E-state index in [2.05, 4.69) is 24.1 Å². The van der Waals surface area contributed by atoms with E-state index in [1.165, 1.54) is 32.2 Å². The average molecular weight is 240 g/mol. The standard InChI is InChI=1S/C14H28N2O/c1-12(2)11-17-9-8-15-13(3)10-14-6-4-5-7-16-14/h13-16H,1,4-11H2,2-3H3. The Bertz CT molecular complexity index is 212. The lowest BCUT2D eigenvalue weighted by molar-refractivity contribution is 0.154. The van der Waals surface area contributed by atoms with Gasteiger partial charge in [-0.2, -0.15) is 0 Å². The van der Waals surface area contributed by atoms with Crippen molar-refractivity contribution in [2.24, 2.45) is 0 Å². The molecular weight excluding hydrogens is 212 g/mol. The van der Waals surface area contributed by atoms with Crippen LogP contribution in [0.1, 0.15) is 39.5 Å². The van der Waals surface area contributed by atoms with Crippen LogP contribution in [0.25, 0.3) is 0 Å². The van der Waals surface area contributed by atoms with E-state index in [9.17, 15) is 0 Å². The lowest BCUT2D eigenvalue weighted by Gasteiger charge is -2.26. The Balaban J connectivity index is 1.96. The van der Waals surface area contributed by atoms with E-state index in [1.54, 1.807) is 0 Å². The second-order valence-electron chi connectivity index (χ2n) is 5.25. The first-order valence-electron chi connectivity index (χ1n) is 6.87. The van der Waals surface area contributed by atoms with Gasteiger partial charge in [-0.25, -0.2) is 0 Å². The minimum absolute atomic E-state index is 0.569. The zero-order valence-corrected chi connectivity index (χ0v) is 11.4. The highest BCUT2D eigenvalue weighted by atomic mass is 16.5. The van der Waals surface area contributed by atoms with Crippen LogP contribution in [0.15, 0.2) is 12.2 Å². The van der Waals surface area contributed by atoms with Gasteiger partial charge in [-0.05, 0) is 39.7 Å². The molecule has 0 spiro atoms. The van der Waals surface area contributed by atoms with E-state index in [-0.39, 0.29) is 0 Å². The van der Waals surface area contributed by atoms with Crippen molar-refractivity contribution in [2.45, 2.75) is 51.6 Å². The predicted molar refractivity (Wildman–Crippen MR) is 73.4 cm³/mol. The van der Waals surface area contributed by atoms with Gasteiger partial charge >= 0.3 is 0 Å². The maximum atomic E-state index is 5.46. The van der Waals surface area contributed by atoms with Crippen molar-refractivity contribution in [3.63, 3.8) is 0 Å². The molecule has 1 fully saturated rings. The van der Waals surface area contributed by atoms with Crippen molar-refractivity contribution >= 4 is 0 Å². The number of nitrogens with one attached hydrogen (secondary N) is 2. The van der Waals surface area contributed by atoms with Crippen LogP contribution in [0, 0.1) is 0 Å². The highest BCUT2D eigenvalue weighted by molar-refractivity contribution is 4.87. The fourth-order valence-electron chi connectivity index (χ4n) is 2.26. The van der Waals surface area contributed by atoms with Crippen molar-refractivity contribution in [1.29, 1.82) is 0 Å². The Labute approximate surface area is 106 Å². The van der Waals surface area contributed by atoms with E-state index in [0.717, 1.165) is 18.7 Å². The summed E-state index contributed by atoms with van der Waals surface area (Å²) in [4.78, 5) is 0. The number of piperidine rings is 1. The Morgan fingerprint density at radius 3 is 3.00 bits per heavy atom. The normalized spacial score (nSPS) is 22.4. The van der Waals surface area contributed by atoms with E-state index in [1.807, 2.05) is 6.92 Å². The fourth-order valence-corrected chi connectivity index (χ4v) is 2.26. The molecule has 1 heterocycles. The molecule has 0 aliphatic carbocycles. The number of hydrogen-bond acceptors (Lipinski definition) is 3. The maximum Gasteiger partial charge on any atom is 0.0672 e. The van der Waals surface area contributed by atoms with Gasteiger partial charge < -0.3 is 15.4 Å². The summed E-state index contributed by atoms with van der Waals surface area (Å²) in [5.41, 5.74) is 1.09. The molecule has 1 aliphatic heterocycles. The number of hydrogen-bond donors (Lipinski definition) is 2. The second kappa shape index (κ2) is 8.67. The molecule has 0 aromatic rings. The minimum Gasteiger partial charge on any atom is -0.376 e. The molecule has 2 atom stereocenters. The number of rotatable bonds is 8. The summed E-state index contributed by atoms with van der Waals surface area (Å²) in [6.07, 6.45) is 5.28. The maximum absolute atomic E-state index is 5.46. The Morgan fingerprint density at radius 2 is 2.35 bits per heavy atom. The lowest BCUT2D eigenvalue weighted by atomic mass is 9.99. The van der Waals surface area contributed by atoms with Crippen molar-refractivity contribution in [1.82, 2.24) is 10.6 Å². The van der Waals surface area contributed by atoms with E-state index >= 15 is 0 Å². The molecule has 0 aromatic carbocycles. The molecule has 0 radical (unpaired) electrons. The summed E-state index contributed by atoms with van der Waals surface area (Å²) in [5, 5.41) is 7.09. The van der Waals surface area contributed by atoms with Gasteiger partial charge in [0, 0.05) is 18.6 Å². The van der Waals surface area contributed by atoms with Crippen LogP contribution in [-0.2, 0) is 4.74 Å². The largest absolute Gasteiger partial charge is 0.376 e. The van der Waals surface area contributed by atoms with Crippen molar-refractivity contribution in [2.75, 3.05) is 26.3 Å². The summed E-state index contributed by atoms with van der Waals surface area (Å²) >= 11 is 0. The first-order valence-corrected chi connectivity index (χ1v) is 6.87. The second-order valence-corrected chi connectivity index (χ2v) is 5.25. The van der Waals surface area contributed by atoms with Gasteiger partial charge in [-0.1, -0.05) is 18.6 Å². The van der Waals surface area contributed by atoms with Crippen molar-refractivity contribution in [3.8, 4) is 0 Å². The molecule has 1 rings (SSSR count). The van der Waals surface area contributed by atoms with Crippen LogP contribution < -0.4 is 10.6 Å². The van der Waals surface area contributed by atoms with Gasteiger partial charge in [0.2, 0.25) is 0 Å². The zero-order valence-electron chi connectivity index (χ0n) is 11.4. The molecule has 1 aliphatic rings. The van der Waals surface area contributed by atoms with Crippen molar-refractivity contribution in [3.05, 3.63) is 12.2 Å². The Hall–Kier alpha value is -0.380. The molecule has 0 aromatic heterocycles. The molecular formula is C14H28N2O. The summed E-state index contributed by atoms with van der Waals surface area (Å²) < 4.78 is 5.46. The molecule has 17 heavy (non-hydrogen) atoms. The molecule has 0 bridgehead atoms. The SMILES string of the molecule is C=C(C)COCCNC(C)CC1CCCCN1. The van der Waals surface area contributed by atoms with Crippen LogP contribution >= 0.6 is 0 Å². The third kappa shape index (κ3) is 7.53. The first kappa shape index (κ1) is 14.7. The quantitative estimate of drug-likeness (QED) is 0.503.